The summed E-state index contributed by atoms with van der Waals surface area (Å²) in [5.41, 5.74) is 1.96. The van der Waals surface area contributed by atoms with Gasteiger partial charge in [0, 0.05) is 6.07 Å². The van der Waals surface area contributed by atoms with E-state index in [-0.39, 0.29) is 0 Å². The maximum atomic E-state index is 5.68. The van der Waals surface area contributed by atoms with Crippen molar-refractivity contribution in [1.29, 1.82) is 0 Å². The monoisotopic (exact) mass is 328 g/mol. The first kappa shape index (κ1) is 14.4. The Kier molecular flexibility index (Phi) is 3.85. The van der Waals surface area contributed by atoms with Crippen LogP contribution in [0.2, 0.25) is 0 Å². The number of rotatable bonds is 3. The third-order valence-corrected chi connectivity index (χ3v) is 4.76. The van der Waals surface area contributed by atoms with Crippen LogP contribution in [0.1, 0.15) is 0 Å². The Balaban J connectivity index is 1.47. The molecule has 5 nitrogen and oxygen atoms in total. The molecule has 1 aliphatic heterocycles. The highest BCUT2D eigenvalue weighted by Gasteiger charge is 2.26. The molecule has 0 amide bonds. The van der Waals surface area contributed by atoms with Crippen molar-refractivity contribution in [3.8, 4) is 0 Å². The highest BCUT2D eigenvalue weighted by Crippen LogP contribution is 2.15. The largest absolute Gasteiger partial charge is 0.429 e. The Morgan fingerprint density at radius 1 is 1.09 bits per heavy atom. The molecule has 1 aliphatic rings. The summed E-state index contributed by atoms with van der Waals surface area (Å²) in [6.45, 7) is 5.12. The number of H-pyrrole nitrogens is 1. The second-order valence-electron chi connectivity index (χ2n) is 5.91. The van der Waals surface area contributed by atoms with Gasteiger partial charge in [-0.15, -0.1) is 0 Å². The van der Waals surface area contributed by atoms with Crippen molar-refractivity contribution in [2.45, 2.75) is 6.67 Å². The Morgan fingerprint density at radius 3 is 2.65 bits per heavy atom. The topological polar surface area (TPSA) is 39.9 Å². The number of para-hydroxylation sites is 2. The zero-order valence-electron chi connectivity index (χ0n) is 12.9. The summed E-state index contributed by atoms with van der Waals surface area (Å²) in [6, 6.07) is 14.3. The average molecular weight is 328 g/mol. The van der Waals surface area contributed by atoms with E-state index >= 15 is 0 Å². The predicted octanol–water partition coefficient (Wildman–Crippen LogP) is 1.14. The summed E-state index contributed by atoms with van der Waals surface area (Å²) in [4.78, 5) is 7.81. The molecule has 0 radical (unpaired) electrons. The first-order chi connectivity index (χ1) is 11.3. The van der Waals surface area contributed by atoms with Crippen LogP contribution < -0.4 is 14.8 Å². The Hall–Kier alpha value is -2.18. The summed E-state index contributed by atoms with van der Waals surface area (Å²) in [6.07, 6.45) is 1.98. The summed E-state index contributed by atoms with van der Waals surface area (Å²) in [7, 11) is 0. The van der Waals surface area contributed by atoms with E-state index in [9.17, 15) is 0 Å². The summed E-state index contributed by atoms with van der Waals surface area (Å²) in [5, 5.41) is 0. The van der Waals surface area contributed by atoms with Crippen LogP contribution in [0, 0.1) is 4.84 Å². The third-order valence-electron chi connectivity index (χ3n) is 4.46. The molecule has 1 saturated heterocycles. The van der Waals surface area contributed by atoms with Gasteiger partial charge >= 0.3 is 0 Å². The normalized spacial score (nSPS) is 16.1. The number of aromatic nitrogens is 2. The van der Waals surface area contributed by atoms with Crippen molar-refractivity contribution in [2.24, 2.45) is 0 Å². The molecule has 2 aromatic heterocycles. The molecule has 0 bridgehead atoms. The molecule has 1 aromatic carbocycles. The van der Waals surface area contributed by atoms with Gasteiger partial charge in [0.15, 0.2) is 12.3 Å². The molecule has 23 heavy (non-hydrogen) atoms. The number of aromatic amines is 1. The fraction of sp³-hybridized carbons (Fsp3) is 0.294. The number of quaternary nitrogens is 1. The Labute approximate surface area is 139 Å². The standard InChI is InChI=1S/C17H18N4OS/c23-17-21(14-5-1-2-6-15(14)22-17)13-19-9-11-20(12-10-19)16-7-3-4-8-18-16/h1-8H,9-13H2/p+2. The molecule has 0 atom stereocenters. The molecule has 0 unspecified atom stereocenters. The second kappa shape index (κ2) is 6.14. The summed E-state index contributed by atoms with van der Waals surface area (Å²) in [5.74, 6) is 1.19. The maximum Gasteiger partial charge on any atom is 0.274 e. The number of fused-ring (bicyclic) bond motifs is 1. The van der Waals surface area contributed by atoms with Gasteiger partial charge in [0.2, 0.25) is 0 Å². The van der Waals surface area contributed by atoms with Crippen molar-refractivity contribution < 1.29 is 14.3 Å². The van der Waals surface area contributed by atoms with Crippen LogP contribution in [0.25, 0.3) is 11.1 Å². The van der Waals surface area contributed by atoms with Gasteiger partial charge in [-0.2, -0.15) is 0 Å². The summed E-state index contributed by atoms with van der Waals surface area (Å²) >= 11 is 5.39. The lowest BCUT2D eigenvalue weighted by molar-refractivity contribution is -0.923. The molecule has 1 fully saturated rings. The SMILES string of the molecule is S=c1oc2ccccc2n1C[NH+]1CCN(c2cccc[nH+]2)CC1. The van der Waals surface area contributed by atoms with Crippen LogP contribution in [0.5, 0.6) is 0 Å². The van der Waals surface area contributed by atoms with Crippen molar-refractivity contribution in [2.75, 3.05) is 31.1 Å². The molecular weight excluding hydrogens is 308 g/mol. The van der Waals surface area contributed by atoms with Crippen LogP contribution >= 0.6 is 12.2 Å². The van der Waals surface area contributed by atoms with Crippen LogP contribution in [0.15, 0.2) is 53.1 Å². The molecule has 6 heteroatoms. The van der Waals surface area contributed by atoms with Gasteiger partial charge < -0.3 is 9.32 Å². The van der Waals surface area contributed by atoms with Gasteiger partial charge in [-0.3, -0.25) is 9.47 Å². The Bertz CT molecular complexity index is 850. The van der Waals surface area contributed by atoms with Crippen molar-refractivity contribution in [3.63, 3.8) is 0 Å². The number of oxazole rings is 1. The number of nitrogens with one attached hydrogen (secondary N) is 2. The lowest BCUT2D eigenvalue weighted by Crippen LogP contribution is -3.14. The van der Waals surface area contributed by atoms with Crippen LogP contribution in [0.3, 0.4) is 0 Å². The van der Waals surface area contributed by atoms with Gasteiger partial charge in [-0.25, -0.2) is 4.98 Å². The predicted molar refractivity (Wildman–Crippen MR) is 90.9 cm³/mol. The molecule has 0 spiro atoms. The van der Waals surface area contributed by atoms with E-state index in [4.69, 9.17) is 16.6 Å². The van der Waals surface area contributed by atoms with E-state index < -0.39 is 0 Å². The van der Waals surface area contributed by atoms with E-state index in [2.05, 4.69) is 32.7 Å². The van der Waals surface area contributed by atoms with Gasteiger partial charge in [0.05, 0.1) is 11.7 Å². The number of anilines is 1. The molecular formula is C17H20N4OS+2. The molecule has 118 valence electrons. The number of hydrogen-bond acceptors (Lipinski definition) is 3. The van der Waals surface area contributed by atoms with Gasteiger partial charge in [0.25, 0.3) is 10.7 Å². The highest BCUT2D eigenvalue weighted by molar-refractivity contribution is 7.71. The molecule has 3 aromatic rings. The van der Waals surface area contributed by atoms with Gasteiger partial charge in [-0.05, 0) is 30.4 Å². The lowest BCUT2D eigenvalue weighted by Gasteiger charge is -2.28. The fourth-order valence-corrected chi connectivity index (χ4v) is 3.44. The van der Waals surface area contributed by atoms with E-state index in [1.807, 2.05) is 30.5 Å². The van der Waals surface area contributed by atoms with Gasteiger partial charge in [0.1, 0.15) is 26.2 Å². The van der Waals surface area contributed by atoms with Crippen molar-refractivity contribution in [3.05, 3.63) is 53.5 Å². The quantitative estimate of drug-likeness (QED) is 0.733. The van der Waals surface area contributed by atoms with Crippen LogP contribution in [-0.4, -0.2) is 30.7 Å². The number of piperazine rings is 1. The smallest absolute Gasteiger partial charge is 0.274 e. The minimum atomic E-state index is 0.567. The number of benzene rings is 1. The zero-order valence-corrected chi connectivity index (χ0v) is 13.7. The molecule has 0 aliphatic carbocycles. The molecule has 4 rings (SSSR count). The molecule has 3 heterocycles. The maximum absolute atomic E-state index is 5.68. The minimum Gasteiger partial charge on any atom is -0.429 e. The van der Waals surface area contributed by atoms with Crippen molar-refractivity contribution in [1.82, 2.24) is 4.57 Å². The van der Waals surface area contributed by atoms with E-state index in [1.165, 1.54) is 10.7 Å². The van der Waals surface area contributed by atoms with Crippen molar-refractivity contribution >= 4 is 29.1 Å². The number of nitrogens with zero attached hydrogens (tertiary/aromatic N) is 2. The minimum absolute atomic E-state index is 0.567. The summed E-state index contributed by atoms with van der Waals surface area (Å²) < 4.78 is 7.80. The van der Waals surface area contributed by atoms with Crippen LogP contribution in [-0.2, 0) is 6.67 Å². The fourth-order valence-electron chi connectivity index (χ4n) is 3.19. The second-order valence-corrected chi connectivity index (χ2v) is 6.26. The number of pyridine rings is 1. The number of hydrogen-bond donors (Lipinski definition) is 1. The first-order valence-corrected chi connectivity index (χ1v) is 8.36. The molecule has 0 saturated carbocycles. The lowest BCUT2D eigenvalue weighted by atomic mass is 10.3. The first-order valence-electron chi connectivity index (χ1n) is 7.95. The molecule has 2 N–H and O–H groups in total. The Morgan fingerprint density at radius 2 is 1.87 bits per heavy atom. The van der Waals surface area contributed by atoms with E-state index in [1.54, 1.807) is 0 Å². The third kappa shape index (κ3) is 2.87. The highest BCUT2D eigenvalue weighted by atomic mass is 32.1. The average Bonchev–Trinajstić information content (AvgIpc) is 2.92. The van der Waals surface area contributed by atoms with E-state index in [0.29, 0.717) is 4.84 Å². The van der Waals surface area contributed by atoms with Gasteiger partial charge in [-0.1, -0.05) is 18.2 Å². The zero-order chi connectivity index (χ0) is 15.6. The van der Waals surface area contributed by atoms with E-state index in [0.717, 1.165) is 43.9 Å². The van der Waals surface area contributed by atoms with Crippen LogP contribution in [0.4, 0.5) is 5.82 Å².